The molecule has 0 amide bonds. The Morgan fingerprint density at radius 1 is 1.31 bits per heavy atom. The molecule has 0 saturated heterocycles. The average Bonchev–Trinajstić information content (AvgIpc) is 2.83. The molecule has 2 aliphatic rings. The second kappa shape index (κ2) is 3.83. The van der Waals surface area contributed by atoms with Crippen LogP contribution in [-0.4, -0.2) is 20.4 Å². The summed E-state index contributed by atoms with van der Waals surface area (Å²) in [5, 5.41) is 0. The summed E-state index contributed by atoms with van der Waals surface area (Å²) in [6, 6.07) is 7.14. The Morgan fingerprint density at radius 2 is 2.19 bits per heavy atom. The number of hydrogen-bond acceptors (Lipinski definition) is 1. The maximum Gasteiger partial charge on any atom is 0.113 e. The van der Waals surface area contributed by atoms with E-state index in [1.807, 2.05) is 6.07 Å². The van der Waals surface area contributed by atoms with Gasteiger partial charge in [0.05, 0.1) is 0 Å². The van der Waals surface area contributed by atoms with E-state index in [0.717, 1.165) is 17.4 Å². The summed E-state index contributed by atoms with van der Waals surface area (Å²) < 4.78 is 0. The van der Waals surface area contributed by atoms with Crippen LogP contribution in [0.3, 0.4) is 0 Å². The Bertz CT molecular complexity index is 402. The van der Waals surface area contributed by atoms with Gasteiger partial charge in [0.2, 0.25) is 0 Å². The van der Waals surface area contributed by atoms with E-state index in [1.165, 1.54) is 43.5 Å². The van der Waals surface area contributed by atoms with Crippen molar-refractivity contribution in [3.05, 3.63) is 23.8 Å². The van der Waals surface area contributed by atoms with Crippen molar-refractivity contribution in [3.63, 3.8) is 0 Å². The van der Waals surface area contributed by atoms with Gasteiger partial charge >= 0.3 is 0 Å². The molecule has 0 aromatic heterocycles. The molecule has 2 atom stereocenters. The fraction of sp³-hybridized carbons (Fsp3) is 0.571. The Labute approximate surface area is 99.3 Å². The van der Waals surface area contributed by atoms with Gasteiger partial charge in [-0.25, -0.2) is 0 Å². The number of fused-ring (bicyclic) bond motifs is 1. The van der Waals surface area contributed by atoms with Crippen LogP contribution in [0.2, 0.25) is 0 Å². The van der Waals surface area contributed by atoms with E-state index in [1.54, 1.807) is 0 Å². The molecule has 0 spiro atoms. The summed E-state index contributed by atoms with van der Waals surface area (Å²) in [6.07, 6.45) is 5.29. The zero-order chi connectivity index (χ0) is 11.1. The number of rotatable bonds is 1. The number of benzene rings is 1. The van der Waals surface area contributed by atoms with Crippen LogP contribution < -0.4 is 10.4 Å². The van der Waals surface area contributed by atoms with Crippen LogP contribution in [0.5, 0.6) is 0 Å². The first-order valence-electron chi connectivity index (χ1n) is 6.39. The fourth-order valence-electron chi connectivity index (χ4n) is 3.26. The van der Waals surface area contributed by atoms with E-state index in [4.69, 9.17) is 7.85 Å². The molecule has 1 fully saturated rings. The van der Waals surface area contributed by atoms with Gasteiger partial charge in [0.1, 0.15) is 7.85 Å². The second-order valence-electron chi connectivity index (χ2n) is 5.40. The molecule has 82 valence electrons. The van der Waals surface area contributed by atoms with Gasteiger partial charge in [-0.1, -0.05) is 24.5 Å². The van der Waals surface area contributed by atoms with E-state index in [-0.39, 0.29) is 0 Å². The second-order valence-corrected chi connectivity index (χ2v) is 5.40. The van der Waals surface area contributed by atoms with Gasteiger partial charge in [-0.05, 0) is 43.2 Å². The van der Waals surface area contributed by atoms with E-state index < -0.39 is 0 Å². The van der Waals surface area contributed by atoms with Crippen LogP contribution in [0.4, 0.5) is 5.69 Å². The molecule has 1 heterocycles. The topological polar surface area (TPSA) is 3.24 Å². The molecule has 1 aliphatic carbocycles. The first-order valence-corrected chi connectivity index (χ1v) is 6.39. The summed E-state index contributed by atoms with van der Waals surface area (Å²) in [4.78, 5) is 2.59. The third-order valence-corrected chi connectivity index (χ3v) is 4.15. The molecule has 2 heteroatoms. The lowest BCUT2D eigenvalue weighted by molar-refractivity contribution is 0.571. The fourth-order valence-corrected chi connectivity index (χ4v) is 3.26. The van der Waals surface area contributed by atoms with Crippen LogP contribution in [-0.2, 0) is 6.42 Å². The van der Waals surface area contributed by atoms with Crippen molar-refractivity contribution in [1.29, 1.82) is 0 Å². The molecule has 1 nitrogen and oxygen atoms in total. The Kier molecular flexibility index (Phi) is 2.46. The van der Waals surface area contributed by atoms with Crippen molar-refractivity contribution < 1.29 is 0 Å². The Morgan fingerprint density at radius 3 is 2.94 bits per heavy atom. The van der Waals surface area contributed by atoms with E-state index in [2.05, 4.69) is 24.0 Å². The lowest BCUT2D eigenvalue weighted by Gasteiger charge is -2.27. The Hall–Kier alpha value is -0.915. The molecule has 0 bridgehead atoms. The average molecular weight is 211 g/mol. The minimum atomic E-state index is 0.762. The monoisotopic (exact) mass is 211 g/mol. The zero-order valence-corrected chi connectivity index (χ0v) is 9.95. The molecule has 0 N–H and O–H groups in total. The molecule has 2 radical (unpaired) electrons. The van der Waals surface area contributed by atoms with Crippen LogP contribution >= 0.6 is 0 Å². The molecule has 1 aromatic rings. The smallest absolute Gasteiger partial charge is 0.113 e. The van der Waals surface area contributed by atoms with Gasteiger partial charge in [-0.2, -0.15) is 0 Å². The number of hydrogen-bond donors (Lipinski definition) is 0. The van der Waals surface area contributed by atoms with Crippen LogP contribution in [0.15, 0.2) is 18.2 Å². The van der Waals surface area contributed by atoms with Gasteiger partial charge in [0, 0.05) is 18.3 Å². The van der Waals surface area contributed by atoms with E-state index >= 15 is 0 Å². The summed E-state index contributed by atoms with van der Waals surface area (Å²) in [5.41, 5.74) is 3.78. The predicted molar refractivity (Wildman–Crippen MR) is 69.7 cm³/mol. The van der Waals surface area contributed by atoms with Gasteiger partial charge in [-0.3, -0.25) is 0 Å². The van der Waals surface area contributed by atoms with Crippen LogP contribution in [0.25, 0.3) is 0 Å². The third kappa shape index (κ3) is 1.64. The molecular formula is C14H18BN. The minimum Gasteiger partial charge on any atom is -0.368 e. The molecule has 1 aliphatic heterocycles. The lowest BCUT2D eigenvalue weighted by atomic mass is 9.94. The first-order chi connectivity index (χ1) is 7.74. The van der Waals surface area contributed by atoms with Crippen molar-refractivity contribution in [1.82, 2.24) is 0 Å². The maximum atomic E-state index is 5.89. The minimum absolute atomic E-state index is 0.762. The lowest BCUT2D eigenvalue weighted by Crippen LogP contribution is -2.32. The van der Waals surface area contributed by atoms with Crippen molar-refractivity contribution in [2.75, 3.05) is 11.4 Å². The predicted octanol–water partition coefficient (Wildman–Crippen LogP) is 2.03. The molecule has 2 unspecified atom stereocenters. The summed E-state index contributed by atoms with van der Waals surface area (Å²) in [6.45, 7) is 3.56. The number of nitrogens with zero attached hydrogens (tertiary/aromatic N) is 1. The summed E-state index contributed by atoms with van der Waals surface area (Å²) in [5.74, 6) is 0.898. The van der Waals surface area contributed by atoms with Crippen LogP contribution in [0, 0.1) is 5.92 Å². The highest BCUT2D eigenvalue weighted by atomic mass is 15.2. The van der Waals surface area contributed by atoms with Crippen molar-refractivity contribution >= 4 is 19.0 Å². The largest absolute Gasteiger partial charge is 0.368 e. The summed E-state index contributed by atoms with van der Waals surface area (Å²) in [7, 11) is 5.89. The highest BCUT2D eigenvalue weighted by Crippen LogP contribution is 2.36. The highest BCUT2D eigenvalue weighted by molar-refractivity contribution is 6.32. The summed E-state index contributed by atoms with van der Waals surface area (Å²) >= 11 is 0. The SMILES string of the molecule is [B]c1ccc2c(c1)N(C1CCC(C)C1)CC2. The van der Waals surface area contributed by atoms with Crippen molar-refractivity contribution in [3.8, 4) is 0 Å². The van der Waals surface area contributed by atoms with Crippen molar-refractivity contribution in [2.24, 2.45) is 5.92 Å². The number of anilines is 1. The standard InChI is InChI=1S/C14H18BN/c1-10-2-5-13(8-10)16-7-6-11-3-4-12(15)9-14(11)16/h3-4,9-10,13H,2,5-8H2,1H3. The molecule has 1 aromatic carbocycles. The normalized spacial score (nSPS) is 28.4. The van der Waals surface area contributed by atoms with Crippen LogP contribution in [0.1, 0.15) is 31.7 Å². The van der Waals surface area contributed by atoms with Gasteiger partial charge in [0.15, 0.2) is 0 Å². The zero-order valence-electron chi connectivity index (χ0n) is 9.95. The highest BCUT2D eigenvalue weighted by Gasteiger charge is 2.30. The van der Waals surface area contributed by atoms with Gasteiger partial charge < -0.3 is 4.90 Å². The van der Waals surface area contributed by atoms with E-state index in [9.17, 15) is 0 Å². The quantitative estimate of drug-likeness (QED) is 0.642. The van der Waals surface area contributed by atoms with Gasteiger partial charge in [0.25, 0.3) is 0 Å². The Balaban J connectivity index is 1.88. The molecule has 16 heavy (non-hydrogen) atoms. The molecule has 1 saturated carbocycles. The maximum absolute atomic E-state index is 5.89. The third-order valence-electron chi connectivity index (χ3n) is 4.15. The molecule has 3 rings (SSSR count). The van der Waals surface area contributed by atoms with E-state index in [0.29, 0.717) is 0 Å². The van der Waals surface area contributed by atoms with Gasteiger partial charge in [-0.15, -0.1) is 0 Å². The molecular weight excluding hydrogens is 193 g/mol. The van der Waals surface area contributed by atoms with Crippen molar-refractivity contribution in [2.45, 2.75) is 38.6 Å². The first kappa shape index (κ1) is 10.3.